The summed E-state index contributed by atoms with van der Waals surface area (Å²) in [6.07, 6.45) is 3.39. The van der Waals surface area contributed by atoms with Gasteiger partial charge in [-0.15, -0.1) is 0 Å². The number of anilines is 1. The highest BCUT2D eigenvalue weighted by atomic mass is 15.0. The Morgan fingerprint density at radius 3 is 2.71 bits per heavy atom. The maximum absolute atomic E-state index is 6.02. The number of para-hydroxylation sites is 1. The second-order valence-electron chi connectivity index (χ2n) is 4.23. The van der Waals surface area contributed by atoms with Crippen LogP contribution >= 0.6 is 0 Å². The zero-order chi connectivity index (χ0) is 10.0. The fourth-order valence-corrected chi connectivity index (χ4v) is 1.61. The first kappa shape index (κ1) is 9.53. The number of rotatable bonds is 4. The summed E-state index contributed by atoms with van der Waals surface area (Å²) in [7, 11) is 0. The molecule has 0 radical (unpaired) electrons. The predicted molar refractivity (Wildman–Crippen MR) is 60.5 cm³/mol. The van der Waals surface area contributed by atoms with E-state index < -0.39 is 0 Å². The Kier molecular flexibility index (Phi) is 2.46. The van der Waals surface area contributed by atoms with E-state index in [1.807, 2.05) is 0 Å². The SMILES string of the molecule is CCc1ccccc1NCC1(N)CC1. The van der Waals surface area contributed by atoms with E-state index in [4.69, 9.17) is 5.73 Å². The standard InChI is InChI=1S/C12H18N2/c1-2-10-5-3-4-6-11(10)14-9-12(13)7-8-12/h3-6,14H,2,7-9,13H2,1H3. The number of nitrogens with one attached hydrogen (secondary N) is 1. The molecule has 1 saturated carbocycles. The van der Waals surface area contributed by atoms with Gasteiger partial charge in [0.25, 0.3) is 0 Å². The molecule has 14 heavy (non-hydrogen) atoms. The summed E-state index contributed by atoms with van der Waals surface area (Å²) in [6, 6.07) is 8.44. The van der Waals surface area contributed by atoms with Crippen LogP contribution in [-0.4, -0.2) is 12.1 Å². The number of hydrogen-bond acceptors (Lipinski definition) is 2. The molecule has 0 aliphatic heterocycles. The monoisotopic (exact) mass is 190 g/mol. The van der Waals surface area contributed by atoms with Gasteiger partial charge in [-0.25, -0.2) is 0 Å². The van der Waals surface area contributed by atoms with Gasteiger partial charge in [0.1, 0.15) is 0 Å². The van der Waals surface area contributed by atoms with Gasteiger partial charge in [-0.2, -0.15) is 0 Å². The third-order valence-corrected chi connectivity index (χ3v) is 2.92. The van der Waals surface area contributed by atoms with Gasteiger partial charge in [0.2, 0.25) is 0 Å². The van der Waals surface area contributed by atoms with Gasteiger partial charge in [-0.05, 0) is 30.9 Å². The van der Waals surface area contributed by atoms with Gasteiger partial charge < -0.3 is 11.1 Å². The van der Waals surface area contributed by atoms with Crippen molar-refractivity contribution in [2.24, 2.45) is 5.73 Å². The lowest BCUT2D eigenvalue weighted by atomic mass is 10.1. The lowest BCUT2D eigenvalue weighted by molar-refractivity contribution is 0.713. The molecular weight excluding hydrogens is 172 g/mol. The average Bonchev–Trinajstić information content (AvgIpc) is 2.95. The molecular formula is C12H18N2. The molecule has 0 spiro atoms. The minimum Gasteiger partial charge on any atom is -0.383 e. The summed E-state index contributed by atoms with van der Waals surface area (Å²) in [5.74, 6) is 0. The molecule has 2 nitrogen and oxygen atoms in total. The molecule has 2 rings (SSSR count). The summed E-state index contributed by atoms with van der Waals surface area (Å²) >= 11 is 0. The number of nitrogens with two attached hydrogens (primary N) is 1. The summed E-state index contributed by atoms with van der Waals surface area (Å²) < 4.78 is 0. The van der Waals surface area contributed by atoms with Gasteiger partial charge in [0.05, 0.1) is 0 Å². The van der Waals surface area contributed by atoms with Crippen molar-refractivity contribution in [1.29, 1.82) is 0 Å². The Morgan fingerprint density at radius 1 is 1.36 bits per heavy atom. The minimum atomic E-state index is 0.0842. The molecule has 1 aromatic carbocycles. The van der Waals surface area contributed by atoms with Crippen LogP contribution < -0.4 is 11.1 Å². The molecule has 0 saturated heterocycles. The molecule has 2 heteroatoms. The quantitative estimate of drug-likeness (QED) is 0.763. The van der Waals surface area contributed by atoms with Crippen molar-refractivity contribution in [3.63, 3.8) is 0 Å². The van der Waals surface area contributed by atoms with E-state index in [-0.39, 0.29) is 5.54 Å². The van der Waals surface area contributed by atoms with Crippen LogP contribution in [-0.2, 0) is 6.42 Å². The molecule has 76 valence electrons. The van der Waals surface area contributed by atoms with Crippen LogP contribution in [0.1, 0.15) is 25.3 Å². The molecule has 1 aromatic rings. The third-order valence-electron chi connectivity index (χ3n) is 2.92. The summed E-state index contributed by atoms with van der Waals surface area (Å²) in [5.41, 5.74) is 8.72. The van der Waals surface area contributed by atoms with Crippen molar-refractivity contribution >= 4 is 5.69 Å². The zero-order valence-corrected chi connectivity index (χ0v) is 8.72. The molecule has 1 fully saturated rings. The Bertz CT molecular complexity index is 316. The largest absolute Gasteiger partial charge is 0.383 e. The lowest BCUT2D eigenvalue weighted by Gasteiger charge is -2.14. The Balaban J connectivity index is 2.00. The normalized spacial score (nSPS) is 17.9. The van der Waals surface area contributed by atoms with Crippen molar-refractivity contribution in [2.45, 2.75) is 31.7 Å². The lowest BCUT2D eigenvalue weighted by Crippen LogP contribution is -2.31. The maximum Gasteiger partial charge on any atom is 0.0373 e. The molecule has 0 heterocycles. The molecule has 0 aromatic heterocycles. The Morgan fingerprint density at radius 2 is 2.07 bits per heavy atom. The molecule has 0 bridgehead atoms. The van der Waals surface area contributed by atoms with Crippen LogP contribution in [0.5, 0.6) is 0 Å². The van der Waals surface area contributed by atoms with E-state index in [1.165, 1.54) is 11.3 Å². The highest BCUT2D eigenvalue weighted by Gasteiger charge is 2.37. The summed E-state index contributed by atoms with van der Waals surface area (Å²) in [4.78, 5) is 0. The minimum absolute atomic E-state index is 0.0842. The first-order valence-electron chi connectivity index (χ1n) is 5.34. The van der Waals surface area contributed by atoms with E-state index in [1.54, 1.807) is 0 Å². The topological polar surface area (TPSA) is 38.0 Å². The molecule has 0 atom stereocenters. The number of aryl methyl sites for hydroxylation is 1. The van der Waals surface area contributed by atoms with Crippen LogP contribution in [0.25, 0.3) is 0 Å². The van der Waals surface area contributed by atoms with Gasteiger partial charge in [-0.3, -0.25) is 0 Å². The van der Waals surface area contributed by atoms with E-state index in [9.17, 15) is 0 Å². The molecule has 0 unspecified atom stereocenters. The van der Waals surface area contributed by atoms with Crippen molar-refractivity contribution in [1.82, 2.24) is 0 Å². The second-order valence-corrected chi connectivity index (χ2v) is 4.23. The smallest absolute Gasteiger partial charge is 0.0373 e. The zero-order valence-electron chi connectivity index (χ0n) is 8.72. The fraction of sp³-hybridized carbons (Fsp3) is 0.500. The van der Waals surface area contributed by atoms with Crippen molar-refractivity contribution < 1.29 is 0 Å². The van der Waals surface area contributed by atoms with Crippen LogP contribution in [0.3, 0.4) is 0 Å². The van der Waals surface area contributed by atoms with Gasteiger partial charge in [0, 0.05) is 17.8 Å². The summed E-state index contributed by atoms with van der Waals surface area (Å²) in [6.45, 7) is 3.08. The highest BCUT2D eigenvalue weighted by Crippen LogP contribution is 2.32. The molecule has 0 amide bonds. The maximum atomic E-state index is 6.02. The fourth-order valence-electron chi connectivity index (χ4n) is 1.61. The van der Waals surface area contributed by atoms with Gasteiger partial charge >= 0.3 is 0 Å². The average molecular weight is 190 g/mol. The van der Waals surface area contributed by atoms with Crippen molar-refractivity contribution in [3.05, 3.63) is 29.8 Å². The van der Waals surface area contributed by atoms with Gasteiger partial charge in [-0.1, -0.05) is 25.1 Å². The first-order chi connectivity index (χ1) is 6.73. The van der Waals surface area contributed by atoms with Gasteiger partial charge in [0.15, 0.2) is 0 Å². The van der Waals surface area contributed by atoms with Crippen LogP contribution in [0.4, 0.5) is 5.69 Å². The number of hydrogen-bond donors (Lipinski definition) is 2. The van der Waals surface area contributed by atoms with Crippen LogP contribution in [0.15, 0.2) is 24.3 Å². The van der Waals surface area contributed by atoms with Crippen molar-refractivity contribution in [2.75, 3.05) is 11.9 Å². The molecule has 1 aliphatic carbocycles. The highest BCUT2D eigenvalue weighted by molar-refractivity contribution is 5.51. The second kappa shape index (κ2) is 3.62. The van der Waals surface area contributed by atoms with Crippen LogP contribution in [0.2, 0.25) is 0 Å². The number of benzene rings is 1. The van der Waals surface area contributed by atoms with E-state index in [0.29, 0.717) is 0 Å². The predicted octanol–water partition coefficient (Wildman–Crippen LogP) is 2.15. The van der Waals surface area contributed by atoms with Crippen molar-refractivity contribution in [3.8, 4) is 0 Å². The summed E-state index contributed by atoms with van der Waals surface area (Å²) in [5, 5.41) is 3.44. The Labute approximate surface area is 85.5 Å². The van der Waals surface area contributed by atoms with E-state index in [0.717, 1.165) is 25.8 Å². The third kappa shape index (κ3) is 2.07. The van der Waals surface area contributed by atoms with E-state index in [2.05, 4.69) is 36.5 Å². The first-order valence-corrected chi connectivity index (χ1v) is 5.34. The van der Waals surface area contributed by atoms with E-state index >= 15 is 0 Å². The Hall–Kier alpha value is -1.02. The van der Waals surface area contributed by atoms with Crippen LogP contribution in [0, 0.1) is 0 Å². The molecule has 3 N–H and O–H groups in total. The molecule has 1 aliphatic rings.